The van der Waals surface area contributed by atoms with Crippen LogP contribution in [-0.2, 0) is 0 Å². The molecule has 0 saturated heterocycles. The average molecular weight is 223 g/mol. The quantitative estimate of drug-likeness (QED) is 0.660. The van der Waals surface area contributed by atoms with E-state index in [1.54, 1.807) is 6.92 Å². The van der Waals surface area contributed by atoms with Crippen molar-refractivity contribution in [1.29, 1.82) is 0 Å². The molecule has 86 valence electrons. The van der Waals surface area contributed by atoms with E-state index < -0.39 is 12.0 Å². The van der Waals surface area contributed by atoms with Gasteiger partial charge in [0.1, 0.15) is 0 Å². The number of nitrogen functional groups attached to an aromatic ring is 1. The van der Waals surface area contributed by atoms with Gasteiger partial charge in [0.25, 0.3) is 0 Å². The van der Waals surface area contributed by atoms with Crippen molar-refractivity contribution >= 4 is 23.4 Å². The van der Waals surface area contributed by atoms with E-state index in [9.17, 15) is 9.59 Å². The first-order valence-corrected chi connectivity index (χ1v) is 4.67. The second kappa shape index (κ2) is 4.52. The predicted molar refractivity (Wildman–Crippen MR) is 60.4 cm³/mol. The lowest BCUT2D eigenvalue weighted by molar-refractivity contribution is 0.0697. The molecule has 0 bridgehead atoms. The molecule has 1 rings (SSSR count). The molecule has 6 nitrogen and oxygen atoms in total. The number of benzene rings is 1. The van der Waals surface area contributed by atoms with E-state index in [0.717, 1.165) is 0 Å². The highest BCUT2D eigenvalue weighted by molar-refractivity contribution is 5.96. The van der Waals surface area contributed by atoms with Gasteiger partial charge in [0, 0.05) is 6.54 Å². The molecule has 0 spiro atoms. The van der Waals surface area contributed by atoms with Gasteiger partial charge in [-0.25, -0.2) is 9.59 Å². The molecule has 16 heavy (non-hydrogen) atoms. The smallest absolute Gasteiger partial charge is 0.335 e. The minimum absolute atomic E-state index is 0.0711. The van der Waals surface area contributed by atoms with Gasteiger partial charge in [-0.1, -0.05) is 0 Å². The second-order valence-electron chi connectivity index (χ2n) is 3.16. The zero-order valence-corrected chi connectivity index (χ0v) is 8.80. The highest BCUT2D eigenvalue weighted by atomic mass is 16.4. The Labute approximate surface area is 92.4 Å². The third kappa shape index (κ3) is 2.22. The number of aromatic carboxylic acids is 1. The molecule has 0 aliphatic carbocycles. The topological polar surface area (TPSA) is 110 Å². The summed E-state index contributed by atoms with van der Waals surface area (Å²) in [6, 6.07) is 3.51. The Morgan fingerprint density at radius 2 is 2.06 bits per heavy atom. The van der Waals surface area contributed by atoms with E-state index >= 15 is 0 Å². The van der Waals surface area contributed by atoms with Crippen LogP contribution in [0.4, 0.5) is 16.2 Å². The van der Waals surface area contributed by atoms with Gasteiger partial charge in [-0.3, -0.25) is 4.90 Å². The van der Waals surface area contributed by atoms with Crippen LogP contribution in [0.25, 0.3) is 0 Å². The van der Waals surface area contributed by atoms with Crippen molar-refractivity contribution < 1.29 is 14.7 Å². The van der Waals surface area contributed by atoms with Gasteiger partial charge in [-0.15, -0.1) is 0 Å². The Morgan fingerprint density at radius 3 is 2.44 bits per heavy atom. The van der Waals surface area contributed by atoms with Gasteiger partial charge in [0.15, 0.2) is 0 Å². The van der Waals surface area contributed by atoms with Gasteiger partial charge in [-0.05, 0) is 25.1 Å². The summed E-state index contributed by atoms with van der Waals surface area (Å²) in [5.74, 6) is -1.07. The molecule has 0 aliphatic rings. The molecule has 0 aromatic heterocycles. The molecular formula is C10H13N3O3. The maximum Gasteiger partial charge on any atom is 0.335 e. The molecule has 1 aromatic rings. The van der Waals surface area contributed by atoms with Crippen molar-refractivity contribution in [2.75, 3.05) is 17.2 Å². The van der Waals surface area contributed by atoms with Crippen molar-refractivity contribution in [2.45, 2.75) is 6.92 Å². The van der Waals surface area contributed by atoms with Crippen LogP contribution < -0.4 is 16.4 Å². The Balaban J connectivity index is 3.16. The SMILES string of the molecule is CCN(C(N)=O)c1ccc(C(=O)O)cc1N. The maximum atomic E-state index is 11.1. The standard InChI is InChI=1S/C10H13N3O3/c1-2-13(10(12)16)8-4-3-6(9(14)15)5-7(8)11/h3-5H,2,11H2,1H3,(H2,12,16)(H,14,15). The molecule has 0 radical (unpaired) electrons. The number of carbonyl (C=O) groups is 2. The van der Waals surface area contributed by atoms with Crippen molar-refractivity contribution in [3.63, 3.8) is 0 Å². The molecule has 5 N–H and O–H groups in total. The molecular weight excluding hydrogens is 210 g/mol. The van der Waals surface area contributed by atoms with E-state index in [0.29, 0.717) is 12.2 Å². The van der Waals surface area contributed by atoms with Crippen LogP contribution in [0.3, 0.4) is 0 Å². The number of hydrogen-bond donors (Lipinski definition) is 3. The van der Waals surface area contributed by atoms with Gasteiger partial charge >= 0.3 is 12.0 Å². The van der Waals surface area contributed by atoms with E-state index in [-0.39, 0.29) is 11.3 Å². The lowest BCUT2D eigenvalue weighted by atomic mass is 10.1. The second-order valence-corrected chi connectivity index (χ2v) is 3.16. The maximum absolute atomic E-state index is 11.1. The third-order valence-electron chi connectivity index (χ3n) is 2.15. The van der Waals surface area contributed by atoms with E-state index in [1.165, 1.54) is 23.1 Å². The molecule has 0 fully saturated rings. The van der Waals surface area contributed by atoms with Gasteiger partial charge < -0.3 is 16.6 Å². The zero-order valence-electron chi connectivity index (χ0n) is 8.80. The summed E-state index contributed by atoms with van der Waals surface area (Å²) in [5.41, 5.74) is 11.5. The summed E-state index contributed by atoms with van der Waals surface area (Å²) in [6.07, 6.45) is 0. The van der Waals surface area contributed by atoms with Crippen LogP contribution in [0, 0.1) is 0 Å². The predicted octanol–water partition coefficient (Wildman–Crippen LogP) is 0.872. The minimum atomic E-state index is -1.07. The number of hydrogen-bond acceptors (Lipinski definition) is 3. The number of rotatable bonds is 3. The Hall–Kier alpha value is -2.24. The summed E-state index contributed by atoms with van der Waals surface area (Å²) >= 11 is 0. The number of carbonyl (C=O) groups excluding carboxylic acids is 1. The van der Waals surface area contributed by atoms with Gasteiger partial charge in [0.2, 0.25) is 0 Å². The third-order valence-corrected chi connectivity index (χ3v) is 2.15. The molecule has 0 heterocycles. The zero-order chi connectivity index (χ0) is 12.3. The van der Waals surface area contributed by atoms with Crippen molar-refractivity contribution in [1.82, 2.24) is 0 Å². The van der Waals surface area contributed by atoms with Crippen LogP contribution in [0.15, 0.2) is 18.2 Å². The number of nitrogens with zero attached hydrogens (tertiary/aromatic N) is 1. The fraction of sp³-hybridized carbons (Fsp3) is 0.200. The van der Waals surface area contributed by atoms with Gasteiger partial charge in [-0.2, -0.15) is 0 Å². The summed E-state index contributed by atoms with van der Waals surface area (Å²) in [7, 11) is 0. The Bertz CT molecular complexity index is 431. The van der Waals surface area contributed by atoms with E-state index in [4.69, 9.17) is 16.6 Å². The van der Waals surface area contributed by atoms with E-state index in [2.05, 4.69) is 0 Å². The van der Waals surface area contributed by atoms with Gasteiger partial charge in [0.05, 0.1) is 16.9 Å². The molecule has 1 aromatic carbocycles. The number of urea groups is 1. The number of nitrogens with two attached hydrogens (primary N) is 2. The fourth-order valence-electron chi connectivity index (χ4n) is 1.38. The first-order chi connectivity index (χ1) is 7.47. The highest BCUT2D eigenvalue weighted by Gasteiger charge is 2.14. The Kier molecular flexibility index (Phi) is 3.34. The van der Waals surface area contributed by atoms with E-state index in [1.807, 2.05) is 0 Å². The number of carboxylic acids is 1. The molecule has 2 amide bonds. The van der Waals surface area contributed by atoms with Crippen LogP contribution in [0.2, 0.25) is 0 Å². The lowest BCUT2D eigenvalue weighted by Gasteiger charge is -2.20. The fourth-order valence-corrected chi connectivity index (χ4v) is 1.38. The first kappa shape index (κ1) is 11.8. The molecule has 0 saturated carbocycles. The summed E-state index contributed by atoms with van der Waals surface area (Å²) in [6.45, 7) is 2.11. The number of amides is 2. The number of primary amides is 1. The van der Waals surface area contributed by atoms with Crippen LogP contribution in [0.5, 0.6) is 0 Å². The molecule has 0 atom stereocenters. The highest BCUT2D eigenvalue weighted by Crippen LogP contribution is 2.24. The van der Waals surface area contributed by atoms with Crippen LogP contribution in [-0.4, -0.2) is 23.7 Å². The molecule has 6 heteroatoms. The largest absolute Gasteiger partial charge is 0.478 e. The number of carboxylic acid groups (broad SMARTS) is 1. The summed E-state index contributed by atoms with van der Waals surface area (Å²) in [5, 5.41) is 8.74. The van der Waals surface area contributed by atoms with Crippen molar-refractivity contribution in [2.24, 2.45) is 5.73 Å². The van der Waals surface area contributed by atoms with Crippen LogP contribution >= 0.6 is 0 Å². The lowest BCUT2D eigenvalue weighted by Crippen LogP contribution is -2.36. The van der Waals surface area contributed by atoms with Crippen LogP contribution in [0.1, 0.15) is 17.3 Å². The summed E-state index contributed by atoms with van der Waals surface area (Å²) < 4.78 is 0. The molecule has 0 aliphatic heterocycles. The molecule has 0 unspecified atom stereocenters. The van der Waals surface area contributed by atoms with Crippen molar-refractivity contribution in [3.05, 3.63) is 23.8 Å². The average Bonchev–Trinajstić information content (AvgIpc) is 2.20. The first-order valence-electron chi connectivity index (χ1n) is 4.67. The normalized spacial score (nSPS) is 9.81. The summed E-state index contributed by atoms with van der Waals surface area (Å²) in [4.78, 5) is 23.0. The minimum Gasteiger partial charge on any atom is -0.478 e. The monoisotopic (exact) mass is 223 g/mol. The number of anilines is 2. The van der Waals surface area contributed by atoms with Crippen molar-refractivity contribution in [3.8, 4) is 0 Å². The Morgan fingerprint density at radius 1 is 1.44 bits per heavy atom.